The van der Waals surface area contributed by atoms with Crippen molar-refractivity contribution in [2.75, 3.05) is 47.5 Å². The molecule has 0 aliphatic heterocycles. The molecule has 0 unspecified atom stereocenters. The Morgan fingerprint density at radius 3 is 1.80 bits per heavy atom. The molecule has 0 aromatic rings. The van der Waals surface area contributed by atoms with Crippen molar-refractivity contribution < 1.29 is 18.1 Å². The molecular weight excluding hydrogens is 233 g/mol. The molecule has 0 amide bonds. The molecule has 0 fully saturated rings. The first kappa shape index (κ1) is 15.5. The number of rotatable bonds is 8. The molecule has 0 aliphatic rings. The first-order chi connectivity index (χ1) is 6.83. The summed E-state index contributed by atoms with van der Waals surface area (Å²) in [5, 5.41) is 0. The highest BCUT2D eigenvalue weighted by molar-refractivity contribution is 8.07. The molecule has 0 rings (SSSR count). The van der Waals surface area contributed by atoms with E-state index in [0.717, 1.165) is 11.0 Å². The Balaban J connectivity index is 4.02. The lowest BCUT2D eigenvalue weighted by Gasteiger charge is -2.26. The van der Waals surface area contributed by atoms with Gasteiger partial charge in [-0.1, -0.05) is 0 Å². The van der Waals surface area contributed by atoms with Crippen LogP contribution >= 0.6 is 6.72 Å². The quantitative estimate of drug-likeness (QED) is 0.490. The Labute approximate surface area is 98.3 Å². The van der Waals surface area contributed by atoms with E-state index in [-0.39, 0.29) is 0 Å². The van der Waals surface area contributed by atoms with Crippen molar-refractivity contribution in [3.63, 3.8) is 0 Å². The SMILES string of the molecule is CCOP(=S)(OCC)OCC[N+](C)(C)C. The molecule has 6 heteroatoms. The molecule has 0 aliphatic carbocycles. The summed E-state index contributed by atoms with van der Waals surface area (Å²) >= 11 is 5.23. The van der Waals surface area contributed by atoms with Crippen molar-refractivity contribution in [2.45, 2.75) is 13.8 Å². The Hall–Kier alpha value is 0.490. The number of nitrogens with zero attached hydrogens (tertiary/aromatic N) is 1. The molecule has 0 saturated heterocycles. The largest absolute Gasteiger partial charge is 0.329 e. The van der Waals surface area contributed by atoms with Crippen LogP contribution in [0.4, 0.5) is 0 Å². The lowest BCUT2D eigenvalue weighted by molar-refractivity contribution is -0.870. The first-order valence-electron chi connectivity index (χ1n) is 5.17. The summed E-state index contributed by atoms with van der Waals surface area (Å²) < 4.78 is 17.1. The zero-order valence-corrected chi connectivity index (χ0v) is 12.1. The van der Waals surface area contributed by atoms with Crippen LogP contribution in [0.3, 0.4) is 0 Å². The summed E-state index contributed by atoms with van der Waals surface area (Å²) in [6, 6.07) is 0. The van der Waals surface area contributed by atoms with Crippen molar-refractivity contribution >= 4 is 18.5 Å². The van der Waals surface area contributed by atoms with Crippen molar-refractivity contribution in [1.82, 2.24) is 0 Å². The van der Waals surface area contributed by atoms with Crippen LogP contribution in [0.15, 0.2) is 0 Å². The second-order valence-corrected chi connectivity index (χ2v) is 7.14. The zero-order chi connectivity index (χ0) is 11.9. The smallest absolute Gasteiger partial charge is 0.327 e. The summed E-state index contributed by atoms with van der Waals surface area (Å²) in [6.45, 7) is 3.82. The van der Waals surface area contributed by atoms with E-state index in [1.165, 1.54) is 0 Å². The lowest BCUT2D eigenvalue weighted by atomic mass is 10.5. The van der Waals surface area contributed by atoms with Crippen LogP contribution in [0.25, 0.3) is 0 Å². The normalized spacial score (nSPS) is 13.1. The maximum absolute atomic E-state index is 5.55. The molecule has 92 valence electrons. The van der Waals surface area contributed by atoms with Gasteiger partial charge in [0.05, 0.1) is 34.4 Å². The van der Waals surface area contributed by atoms with Gasteiger partial charge in [-0.3, -0.25) is 0 Å². The molecule has 4 nitrogen and oxygen atoms in total. The average Bonchev–Trinajstić information content (AvgIpc) is 2.01. The van der Waals surface area contributed by atoms with Crippen molar-refractivity contribution in [3.8, 4) is 0 Å². The molecule has 0 N–H and O–H groups in total. The molecule has 0 aromatic carbocycles. The van der Waals surface area contributed by atoms with Gasteiger partial charge in [0.2, 0.25) is 0 Å². The van der Waals surface area contributed by atoms with Gasteiger partial charge in [0, 0.05) is 0 Å². The fourth-order valence-corrected chi connectivity index (χ4v) is 2.87. The third-order valence-electron chi connectivity index (χ3n) is 1.59. The van der Waals surface area contributed by atoms with Gasteiger partial charge in [-0.05, 0) is 25.7 Å². The van der Waals surface area contributed by atoms with Gasteiger partial charge in [0.25, 0.3) is 0 Å². The van der Waals surface area contributed by atoms with Crippen LogP contribution in [0.2, 0.25) is 0 Å². The summed E-state index contributed by atoms with van der Waals surface area (Å²) in [5.74, 6) is 0. The van der Waals surface area contributed by atoms with Crippen molar-refractivity contribution in [1.29, 1.82) is 0 Å². The van der Waals surface area contributed by atoms with Crippen LogP contribution in [0.5, 0.6) is 0 Å². The average molecular weight is 256 g/mol. The molecule has 0 atom stereocenters. The van der Waals surface area contributed by atoms with Crippen LogP contribution in [-0.4, -0.2) is 52.0 Å². The summed E-state index contributed by atoms with van der Waals surface area (Å²) in [6.07, 6.45) is 0. The van der Waals surface area contributed by atoms with Gasteiger partial charge in [0.15, 0.2) is 0 Å². The minimum atomic E-state index is -2.48. The van der Waals surface area contributed by atoms with Crippen molar-refractivity contribution in [2.24, 2.45) is 0 Å². The van der Waals surface area contributed by atoms with E-state index < -0.39 is 6.72 Å². The molecule has 15 heavy (non-hydrogen) atoms. The van der Waals surface area contributed by atoms with Gasteiger partial charge in [-0.2, -0.15) is 0 Å². The number of hydrogen-bond donors (Lipinski definition) is 0. The first-order valence-corrected chi connectivity index (χ1v) is 7.72. The molecule has 0 saturated carbocycles. The summed E-state index contributed by atoms with van der Waals surface area (Å²) in [4.78, 5) is 0. The third-order valence-corrected chi connectivity index (χ3v) is 4.18. The standard InChI is InChI=1S/C9H23NO3PS/c1-6-11-14(15,12-7-2)13-9-8-10(3,4)5/h6-9H2,1-5H3/q+1. The van der Waals surface area contributed by atoms with Gasteiger partial charge in [-0.15, -0.1) is 0 Å². The van der Waals surface area contributed by atoms with Crippen molar-refractivity contribution in [3.05, 3.63) is 0 Å². The van der Waals surface area contributed by atoms with Gasteiger partial charge >= 0.3 is 6.72 Å². The topological polar surface area (TPSA) is 27.7 Å². The van der Waals surface area contributed by atoms with E-state index in [1.807, 2.05) is 13.8 Å². The van der Waals surface area contributed by atoms with Crippen LogP contribution in [0, 0.1) is 0 Å². The predicted molar refractivity (Wildman–Crippen MR) is 66.4 cm³/mol. The number of quaternary nitrogens is 1. The highest BCUT2D eigenvalue weighted by atomic mass is 32.5. The molecule has 0 spiro atoms. The van der Waals surface area contributed by atoms with E-state index in [1.54, 1.807) is 0 Å². The van der Waals surface area contributed by atoms with E-state index in [0.29, 0.717) is 19.8 Å². The van der Waals surface area contributed by atoms with E-state index in [9.17, 15) is 0 Å². The highest BCUT2D eigenvalue weighted by Crippen LogP contribution is 2.49. The Morgan fingerprint density at radius 2 is 1.47 bits per heavy atom. The number of hydrogen-bond acceptors (Lipinski definition) is 4. The minimum Gasteiger partial charge on any atom is -0.329 e. The molecular formula is C9H23NO3PS+. The molecule has 0 bridgehead atoms. The Kier molecular flexibility index (Phi) is 7.17. The summed E-state index contributed by atoms with van der Waals surface area (Å²) in [5.41, 5.74) is 0. The van der Waals surface area contributed by atoms with Gasteiger partial charge < -0.3 is 18.1 Å². The predicted octanol–water partition coefficient (Wildman–Crippen LogP) is 2.01. The molecule has 0 aromatic heterocycles. The Bertz CT molecular complexity index is 208. The lowest BCUT2D eigenvalue weighted by Crippen LogP contribution is -2.37. The monoisotopic (exact) mass is 256 g/mol. The fraction of sp³-hybridized carbons (Fsp3) is 1.00. The van der Waals surface area contributed by atoms with Gasteiger partial charge in [0.1, 0.15) is 13.2 Å². The van der Waals surface area contributed by atoms with Crippen LogP contribution < -0.4 is 0 Å². The van der Waals surface area contributed by atoms with Gasteiger partial charge in [-0.25, -0.2) is 0 Å². The molecule has 0 heterocycles. The number of likely N-dealkylation sites (N-methyl/N-ethyl adjacent to an activating group) is 1. The zero-order valence-electron chi connectivity index (χ0n) is 10.4. The van der Waals surface area contributed by atoms with E-state index in [2.05, 4.69) is 21.1 Å². The molecule has 0 radical (unpaired) electrons. The second kappa shape index (κ2) is 6.94. The fourth-order valence-electron chi connectivity index (χ4n) is 0.855. The van der Waals surface area contributed by atoms with Crippen LogP contribution in [-0.2, 0) is 25.4 Å². The highest BCUT2D eigenvalue weighted by Gasteiger charge is 2.20. The third kappa shape index (κ3) is 8.31. The summed E-state index contributed by atoms with van der Waals surface area (Å²) in [7, 11) is 6.32. The minimum absolute atomic E-state index is 0.529. The maximum Gasteiger partial charge on any atom is 0.327 e. The second-order valence-electron chi connectivity index (χ2n) is 4.13. The Morgan fingerprint density at radius 1 is 1.00 bits per heavy atom. The maximum atomic E-state index is 5.55. The van der Waals surface area contributed by atoms with E-state index in [4.69, 9.17) is 25.4 Å². The van der Waals surface area contributed by atoms with E-state index >= 15 is 0 Å². The van der Waals surface area contributed by atoms with Crippen LogP contribution in [0.1, 0.15) is 13.8 Å².